The molecular formula is C23H25N3O3. The summed E-state index contributed by atoms with van der Waals surface area (Å²) in [6.45, 7) is 4.20. The van der Waals surface area contributed by atoms with Crippen molar-refractivity contribution in [1.82, 2.24) is 15.5 Å². The molecule has 2 saturated heterocycles. The first kappa shape index (κ1) is 19.2. The normalized spacial score (nSPS) is 23.7. The standard InChI is InChI=1S/C23H25N3O3/c1-14(2)20-23(29)26-13-18(12-19(26)22(28)25-20)24-21(27)17-10-8-16(9-11-17)15-6-4-3-5-7-15/h3-11,14,18-20H,12-13H2,1-2H3,(H,24,27)(H,25,28)/t18-,19-,20-/m0/s1. The molecule has 2 aliphatic heterocycles. The molecule has 4 rings (SSSR count). The van der Waals surface area contributed by atoms with Gasteiger partial charge in [0.05, 0.1) is 0 Å². The third kappa shape index (κ3) is 3.75. The summed E-state index contributed by atoms with van der Waals surface area (Å²) in [6, 6.07) is 16.2. The lowest BCUT2D eigenvalue weighted by Gasteiger charge is -2.36. The van der Waals surface area contributed by atoms with Gasteiger partial charge in [0.15, 0.2) is 0 Å². The Morgan fingerprint density at radius 1 is 1.03 bits per heavy atom. The fraction of sp³-hybridized carbons (Fsp3) is 0.348. The van der Waals surface area contributed by atoms with Crippen LogP contribution in [-0.2, 0) is 9.59 Å². The second-order valence-electron chi connectivity index (χ2n) is 8.09. The van der Waals surface area contributed by atoms with E-state index in [2.05, 4.69) is 10.6 Å². The van der Waals surface area contributed by atoms with Gasteiger partial charge >= 0.3 is 0 Å². The van der Waals surface area contributed by atoms with Crippen molar-refractivity contribution in [3.05, 3.63) is 60.2 Å². The number of hydrogen-bond donors (Lipinski definition) is 2. The number of hydrogen-bond acceptors (Lipinski definition) is 3. The van der Waals surface area contributed by atoms with Crippen molar-refractivity contribution in [2.45, 2.75) is 38.4 Å². The van der Waals surface area contributed by atoms with E-state index in [1.54, 1.807) is 17.0 Å². The van der Waals surface area contributed by atoms with E-state index < -0.39 is 12.1 Å². The van der Waals surface area contributed by atoms with Gasteiger partial charge in [-0.05, 0) is 35.6 Å². The van der Waals surface area contributed by atoms with Crippen LogP contribution in [0.15, 0.2) is 54.6 Å². The fourth-order valence-corrected chi connectivity index (χ4v) is 4.09. The first-order chi connectivity index (χ1) is 13.9. The quantitative estimate of drug-likeness (QED) is 0.839. The Hall–Kier alpha value is -3.15. The molecule has 0 saturated carbocycles. The summed E-state index contributed by atoms with van der Waals surface area (Å²) in [4.78, 5) is 39.4. The first-order valence-corrected chi connectivity index (χ1v) is 10.0. The zero-order valence-corrected chi connectivity index (χ0v) is 16.6. The van der Waals surface area contributed by atoms with Crippen LogP contribution >= 0.6 is 0 Å². The molecule has 2 N–H and O–H groups in total. The van der Waals surface area contributed by atoms with Crippen LogP contribution in [0.2, 0.25) is 0 Å². The largest absolute Gasteiger partial charge is 0.347 e. The molecule has 3 amide bonds. The van der Waals surface area contributed by atoms with Crippen molar-refractivity contribution < 1.29 is 14.4 Å². The molecule has 2 heterocycles. The highest BCUT2D eigenvalue weighted by Gasteiger charge is 2.47. The average molecular weight is 391 g/mol. The Kier molecular flexibility index (Phi) is 5.09. The van der Waals surface area contributed by atoms with Crippen molar-refractivity contribution in [1.29, 1.82) is 0 Å². The highest BCUT2D eigenvalue weighted by Crippen LogP contribution is 2.25. The lowest BCUT2D eigenvalue weighted by atomic mass is 9.98. The molecule has 0 spiro atoms. The number of nitrogens with zero attached hydrogens (tertiary/aromatic N) is 1. The molecule has 2 fully saturated rings. The number of carbonyl (C=O) groups is 3. The molecule has 0 unspecified atom stereocenters. The second-order valence-corrected chi connectivity index (χ2v) is 8.09. The molecule has 0 aromatic heterocycles. The van der Waals surface area contributed by atoms with E-state index in [-0.39, 0.29) is 29.7 Å². The van der Waals surface area contributed by atoms with Crippen molar-refractivity contribution in [2.75, 3.05) is 6.54 Å². The van der Waals surface area contributed by atoms with Crippen molar-refractivity contribution >= 4 is 17.7 Å². The van der Waals surface area contributed by atoms with Gasteiger partial charge in [-0.15, -0.1) is 0 Å². The topological polar surface area (TPSA) is 78.5 Å². The smallest absolute Gasteiger partial charge is 0.251 e. The summed E-state index contributed by atoms with van der Waals surface area (Å²) in [6.07, 6.45) is 0.441. The predicted molar refractivity (Wildman–Crippen MR) is 110 cm³/mol. The maximum Gasteiger partial charge on any atom is 0.251 e. The second kappa shape index (κ2) is 7.70. The Morgan fingerprint density at radius 2 is 1.69 bits per heavy atom. The SMILES string of the molecule is CC(C)[C@@H]1NC(=O)[C@@H]2C[C@H](NC(=O)c3ccc(-c4ccccc4)cc3)CN2C1=O. The molecule has 0 aliphatic carbocycles. The van der Waals surface area contributed by atoms with E-state index in [0.29, 0.717) is 18.5 Å². The minimum absolute atomic E-state index is 0.0316. The molecule has 0 bridgehead atoms. The molecule has 6 nitrogen and oxygen atoms in total. The summed E-state index contributed by atoms with van der Waals surface area (Å²) < 4.78 is 0. The van der Waals surface area contributed by atoms with E-state index in [0.717, 1.165) is 11.1 Å². The third-order valence-corrected chi connectivity index (χ3v) is 5.71. The molecule has 2 aliphatic rings. The van der Waals surface area contributed by atoms with Gasteiger partial charge in [0.2, 0.25) is 11.8 Å². The molecule has 2 aromatic rings. The minimum Gasteiger partial charge on any atom is -0.347 e. The molecule has 2 aromatic carbocycles. The van der Waals surface area contributed by atoms with Crippen LogP contribution in [0, 0.1) is 5.92 Å². The monoisotopic (exact) mass is 391 g/mol. The summed E-state index contributed by atoms with van der Waals surface area (Å²) in [7, 11) is 0. The van der Waals surface area contributed by atoms with Gasteiger partial charge < -0.3 is 15.5 Å². The van der Waals surface area contributed by atoms with E-state index in [1.807, 2.05) is 56.3 Å². The Balaban J connectivity index is 1.42. The van der Waals surface area contributed by atoms with Gasteiger partial charge in [0, 0.05) is 18.2 Å². The Labute approximate surface area is 170 Å². The Morgan fingerprint density at radius 3 is 2.34 bits per heavy atom. The molecule has 150 valence electrons. The Bertz CT molecular complexity index is 924. The van der Waals surface area contributed by atoms with Crippen LogP contribution in [0.25, 0.3) is 11.1 Å². The van der Waals surface area contributed by atoms with Gasteiger partial charge in [0.1, 0.15) is 12.1 Å². The third-order valence-electron chi connectivity index (χ3n) is 5.71. The number of rotatable bonds is 4. The van der Waals surface area contributed by atoms with Crippen LogP contribution in [0.4, 0.5) is 0 Å². The summed E-state index contributed by atoms with van der Waals surface area (Å²) in [5, 5.41) is 5.80. The van der Waals surface area contributed by atoms with Gasteiger partial charge in [-0.1, -0.05) is 56.3 Å². The summed E-state index contributed by atoms with van der Waals surface area (Å²) in [5.74, 6) is -0.354. The van der Waals surface area contributed by atoms with E-state index in [1.165, 1.54) is 0 Å². The number of carbonyl (C=O) groups excluding carboxylic acids is 3. The summed E-state index contributed by atoms with van der Waals surface area (Å²) in [5.41, 5.74) is 2.70. The van der Waals surface area contributed by atoms with Crippen molar-refractivity contribution in [2.24, 2.45) is 5.92 Å². The highest BCUT2D eigenvalue weighted by atomic mass is 16.2. The van der Waals surface area contributed by atoms with Crippen LogP contribution in [-0.4, -0.2) is 47.3 Å². The predicted octanol–water partition coefficient (Wildman–Crippen LogP) is 2.21. The molecule has 0 radical (unpaired) electrons. The first-order valence-electron chi connectivity index (χ1n) is 10.0. The molecular weight excluding hydrogens is 366 g/mol. The van der Waals surface area contributed by atoms with Gasteiger partial charge in [0.25, 0.3) is 5.91 Å². The van der Waals surface area contributed by atoms with Crippen molar-refractivity contribution in [3.63, 3.8) is 0 Å². The van der Waals surface area contributed by atoms with Crippen LogP contribution in [0.1, 0.15) is 30.6 Å². The van der Waals surface area contributed by atoms with E-state index >= 15 is 0 Å². The average Bonchev–Trinajstić information content (AvgIpc) is 3.16. The molecule has 29 heavy (non-hydrogen) atoms. The number of piperazine rings is 1. The minimum atomic E-state index is -0.497. The molecule has 3 atom stereocenters. The lowest BCUT2D eigenvalue weighted by Crippen LogP contribution is -2.62. The van der Waals surface area contributed by atoms with Crippen LogP contribution in [0.5, 0.6) is 0 Å². The zero-order chi connectivity index (χ0) is 20.5. The number of nitrogens with one attached hydrogen (secondary N) is 2. The van der Waals surface area contributed by atoms with Crippen molar-refractivity contribution in [3.8, 4) is 11.1 Å². The van der Waals surface area contributed by atoms with Gasteiger partial charge in [-0.25, -0.2) is 0 Å². The van der Waals surface area contributed by atoms with E-state index in [4.69, 9.17) is 0 Å². The van der Waals surface area contributed by atoms with Gasteiger partial charge in [-0.2, -0.15) is 0 Å². The highest BCUT2D eigenvalue weighted by molar-refractivity contribution is 5.98. The van der Waals surface area contributed by atoms with E-state index in [9.17, 15) is 14.4 Å². The maximum atomic E-state index is 12.7. The maximum absolute atomic E-state index is 12.7. The lowest BCUT2D eigenvalue weighted by molar-refractivity contribution is -0.148. The molecule has 6 heteroatoms. The zero-order valence-electron chi connectivity index (χ0n) is 16.6. The summed E-state index contributed by atoms with van der Waals surface area (Å²) >= 11 is 0. The van der Waals surface area contributed by atoms with Crippen LogP contribution in [0.3, 0.4) is 0 Å². The van der Waals surface area contributed by atoms with Gasteiger partial charge in [-0.3, -0.25) is 14.4 Å². The van der Waals surface area contributed by atoms with Crippen LogP contribution < -0.4 is 10.6 Å². The number of fused-ring (bicyclic) bond motifs is 1. The number of benzene rings is 2. The fourth-order valence-electron chi connectivity index (χ4n) is 4.09. The number of amides is 3.